The molecule has 0 aromatic carbocycles. The average Bonchev–Trinajstić information content (AvgIpc) is 2.37. The Kier molecular flexibility index (Phi) is 3.83. The van der Waals surface area contributed by atoms with E-state index in [-0.39, 0.29) is 0 Å². The third-order valence-corrected chi connectivity index (χ3v) is 2.21. The highest BCUT2D eigenvalue weighted by molar-refractivity contribution is 4.74. The highest BCUT2D eigenvalue weighted by Gasteiger charge is 2.23. The first-order valence-electron chi connectivity index (χ1n) is 4.37. The van der Waals surface area contributed by atoms with Crippen LogP contribution >= 0.6 is 0 Å². The van der Waals surface area contributed by atoms with E-state index < -0.39 is 0 Å². The topological polar surface area (TPSA) is 47.3 Å². The molecule has 0 amide bonds. The molecule has 1 fully saturated rings. The van der Waals surface area contributed by atoms with Gasteiger partial charge in [0.1, 0.15) is 0 Å². The monoisotopic (exact) mass is 158 g/mol. The first kappa shape index (κ1) is 8.97. The molecule has 0 spiro atoms. The molecule has 0 aliphatic carbocycles. The first-order chi connectivity index (χ1) is 5.34. The molecule has 1 aliphatic heterocycles. The van der Waals surface area contributed by atoms with Gasteiger partial charge in [-0.15, -0.1) is 0 Å². The summed E-state index contributed by atoms with van der Waals surface area (Å²) in [5, 5.41) is 3.26. The van der Waals surface area contributed by atoms with Crippen LogP contribution in [-0.4, -0.2) is 32.3 Å². The Balaban J connectivity index is 2.05. The van der Waals surface area contributed by atoms with Crippen LogP contribution in [0, 0.1) is 5.92 Å². The molecular weight excluding hydrogens is 140 g/mol. The molecule has 0 aromatic heterocycles. The van der Waals surface area contributed by atoms with Crippen LogP contribution in [0.2, 0.25) is 0 Å². The Labute approximate surface area is 68.3 Å². The lowest BCUT2D eigenvalue weighted by Crippen LogP contribution is -2.33. The van der Waals surface area contributed by atoms with E-state index in [1.165, 1.54) is 6.42 Å². The molecule has 11 heavy (non-hydrogen) atoms. The van der Waals surface area contributed by atoms with E-state index in [2.05, 4.69) is 12.2 Å². The fraction of sp³-hybridized carbons (Fsp3) is 1.00. The third kappa shape index (κ3) is 2.77. The maximum atomic E-state index is 5.51. The van der Waals surface area contributed by atoms with Crippen molar-refractivity contribution in [2.75, 3.05) is 26.2 Å². The quantitative estimate of drug-likeness (QED) is 0.564. The second-order valence-corrected chi connectivity index (χ2v) is 3.17. The number of hydrogen-bond donors (Lipinski definition) is 2. The highest BCUT2D eigenvalue weighted by atomic mass is 16.5. The van der Waals surface area contributed by atoms with Crippen molar-refractivity contribution in [1.82, 2.24) is 5.32 Å². The maximum absolute atomic E-state index is 5.51. The smallest absolute Gasteiger partial charge is 0.0725 e. The van der Waals surface area contributed by atoms with Crippen molar-refractivity contribution in [2.45, 2.75) is 19.4 Å². The normalized spacial score (nSPS) is 31.1. The van der Waals surface area contributed by atoms with Crippen LogP contribution in [0.4, 0.5) is 0 Å². The lowest BCUT2D eigenvalue weighted by molar-refractivity contribution is 0.0937. The van der Waals surface area contributed by atoms with E-state index in [0.717, 1.165) is 19.7 Å². The van der Waals surface area contributed by atoms with E-state index in [9.17, 15) is 0 Å². The molecule has 2 atom stereocenters. The molecule has 3 N–H and O–H groups in total. The van der Waals surface area contributed by atoms with Gasteiger partial charge in [0.15, 0.2) is 0 Å². The molecule has 1 rings (SSSR count). The van der Waals surface area contributed by atoms with Crippen LogP contribution in [0.1, 0.15) is 13.3 Å². The number of nitrogens with two attached hydrogens (primary N) is 1. The summed E-state index contributed by atoms with van der Waals surface area (Å²) in [6.45, 7) is 5.73. The zero-order valence-corrected chi connectivity index (χ0v) is 7.18. The number of nitrogens with one attached hydrogen (secondary N) is 1. The van der Waals surface area contributed by atoms with Gasteiger partial charge in [-0.3, -0.25) is 0 Å². The Bertz CT molecular complexity index is 108. The fourth-order valence-corrected chi connectivity index (χ4v) is 1.36. The summed E-state index contributed by atoms with van der Waals surface area (Å²) in [5.74, 6) is 0.709. The predicted molar refractivity (Wildman–Crippen MR) is 45.4 cm³/mol. The highest BCUT2D eigenvalue weighted by Crippen LogP contribution is 2.18. The second-order valence-electron chi connectivity index (χ2n) is 3.17. The van der Waals surface area contributed by atoms with E-state index >= 15 is 0 Å². The molecule has 3 heteroatoms. The van der Waals surface area contributed by atoms with Gasteiger partial charge in [0.05, 0.1) is 6.10 Å². The van der Waals surface area contributed by atoms with Gasteiger partial charge >= 0.3 is 0 Å². The molecule has 2 unspecified atom stereocenters. The maximum Gasteiger partial charge on any atom is 0.0725 e. The predicted octanol–water partition coefficient (Wildman–Crippen LogP) is -0.0403. The molecule has 3 nitrogen and oxygen atoms in total. The summed E-state index contributed by atoms with van der Waals surface area (Å²) in [7, 11) is 0. The van der Waals surface area contributed by atoms with Gasteiger partial charge in [-0.25, -0.2) is 0 Å². The van der Waals surface area contributed by atoms with Crippen LogP contribution in [0.15, 0.2) is 0 Å². The van der Waals surface area contributed by atoms with Crippen molar-refractivity contribution in [3.63, 3.8) is 0 Å². The summed E-state index contributed by atoms with van der Waals surface area (Å²) < 4.78 is 5.51. The summed E-state index contributed by atoms with van der Waals surface area (Å²) in [5.41, 5.74) is 5.34. The van der Waals surface area contributed by atoms with E-state index in [4.69, 9.17) is 10.5 Å². The van der Waals surface area contributed by atoms with Gasteiger partial charge in [-0.05, 0) is 12.3 Å². The van der Waals surface area contributed by atoms with Gasteiger partial charge in [0.2, 0.25) is 0 Å². The Morgan fingerprint density at radius 1 is 1.64 bits per heavy atom. The summed E-state index contributed by atoms with van der Waals surface area (Å²) >= 11 is 0. The summed E-state index contributed by atoms with van der Waals surface area (Å²) in [6, 6.07) is 0. The van der Waals surface area contributed by atoms with Gasteiger partial charge in [-0.1, -0.05) is 6.92 Å². The van der Waals surface area contributed by atoms with Crippen LogP contribution in [0.5, 0.6) is 0 Å². The molecule has 0 saturated carbocycles. The fourth-order valence-electron chi connectivity index (χ4n) is 1.36. The number of ether oxygens (including phenoxy) is 1. The van der Waals surface area contributed by atoms with Crippen LogP contribution in [0.25, 0.3) is 0 Å². The SMILES string of the molecule is CC1CCOC1CNCCN. The lowest BCUT2D eigenvalue weighted by atomic mass is 10.0. The van der Waals surface area contributed by atoms with Gasteiger partial charge < -0.3 is 15.8 Å². The third-order valence-electron chi connectivity index (χ3n) is 2.21. The molecule has 1 heterocycles. The van der Waals surface area contributed by atoms with E-state index in [0.29, 0.717) is 18.6 Å². The average molecular weight is 158 g/mol. The molecule has 0 radical (unpaired) electrons. The van der Waals surface area contributed by atoms with Gasteiger partial charge in [-0.2, -0.15) is 0 Å². The standard InChI is InChI=1S/C8H18N2O/c1-7-2-5-11-8(7)6-10-4-3-9/h7-8,10H,2-6,9H2,1H3. The molecule has 1 saturated heterocycles. The first-order valence-corrected chi connectivity index (χ1v) is 4.37. The van der Waals surface area contributed by atoms with Gasteiger partial charge in [0.25, 0.3) is 0 Å². The Morgan fingerprint density at radius 3 is 3.00 bits per heavy atom. The number of hydrogen-bond acceptors (Lipinski definition) is 3. The van der Waals surface area contributed by atoms with Crippen molar-refractivity contribution >= 4 is 0 Å². The second kappa shape index (κ2) is 4.70. The molecule has 1 aliphatic rings. The van der Waals surface area contributed by atoms with Crippen molar-refractivity contribution in [1.29, 1.82) is 0 Å². The molecular formula is C8H18N2O. The minimum absolute atomic E-state index is 0.418. The van der Waals surface area contributed by atoms with Crippen molar-refractivity contribution in [3.05, 3.63) is 0 Å². The van der Waals surface area contributed by atoms with Gasteiger partial charge in [0, 0.05) is 26.2 Å². The molecule has 66 valence electrons. The molecule has 0 aromatic rings. The van der Waals surface area contributed by atoms with Crippen molar-refractivity contribution in [3.8, 4) is 0 Å². The van der Waals surface area contributed by atoms with Crippen molar-refractivity contribution in [2.24, 2.45) is 11.7 Å². The van der Waals surface area contributed by atoms with Crippen LogP contribution < -0.4 is 11.1 Å². The lowest BCUT2D eigenvalue weighted by Gasteiger charge is -2.14. The van der Waals surface area contributed by atoms with Crippen molar-refractivity contribution < 1.29 is 4.74 Å². The van der Waals surface area contributed by atoms with E-state index in [1.54, 1.807) is 0 Å². The van der Waals surface area contributed by atoms with Crippen LogP contribution in [0.3, 0.4) is 0 Å². The number of rotatable bonds is 4. The van der Waals surface area contributed by atoms with Crippen LogP contribution in [-0.2, 0) is 4.74 Å². The Morgan fingerprint density at radius 2 is 2.45 bits per heavy atom. The molecule has 0 bridgehead atoms. The van der Waals surface area contributed by atoms with E-state index in [1.807, 2.05) is 0 Å². The summed E-state index contributed by atoms with van der Waals surface area (Å²) in [6.07, 6.45) is 1.62. The zero-order chi connectivity index (χ0) is 8.10. The minimum atomic E-state index is 0.418. The zero-order valence-electron chi connectivity index (χ0n) is 7.18. The summed E-state index contributed by atoms with van der Waals surface area (Å²) in [4.78, 5) is 0. The minimum Gasteiger partial charge on any atom is -0.377 e. The largest absolute Gasteiger partial charge is 0.377 e. The Hall–Kier alpha value is -0.120.